The van der Waals surface area contributed by atoms with Crippen LogP contribution in [0.3, 0.4) is 0 Å². The molecule has 198 valence electrons. The Morgan fingerprint density at radius 2 is 1.89 bits per heavy atom. The molecule has 1 aromatic heterocycles. The minimum absolute atomic E-state index is 0.261. The number of benzene rings is 2. The molecule has 2 aromatic carbocycles. The highest BCUT2D eigenvalue weighted by molar-refractivity contribution is 7.91. The summed E-state index contributed by atoms with van der Waals surface area (Å²) in [7, 11) is 0.355. The Balaban J connectivity index is 2.28. The van der Waals surface area contributed by atoms with E-state index in [0.29, 0.717) is 35.0 Å². The summed E-state index contributed by atoms with van der Waals surface area (Å²) in [5.74, 6) is 1.17. The maximum Gasteiger partial charge on any atom is 0.168 e. The van der Waals surface area contributed by atoms with Crippen molar-refractivity contribution in [1.29, 1.82) is 5.26 Å². The predicted octanol–water partition coefficient (Wildman–Crippen LogP) is 6.15. The molecule has 7 nitrogen and oxygen atoms in total. The van der Waals surface area contributed by atoms with E-state index in [9.17, 15) is 9.81 Å². The summed E-state index contributed by atoms with van der Waals surface area (Å²) in [5, 5.41) is 9.46. The lowest BCUT2D eigenvalue weighted by Crippen LogP contribution is -2.28. The van der Waals surface area contributed by atoms with Crippen LogP contribution in [0, 0.1) is 25.2 Å². The largest absolute Gasteiger partial charge is 0.591 e. The van der Waals surface area contributed by atoms with Gasteiger partial charge in [0, 0.05) is 14.7 Å². The maximum atomic E-state index is 13.4. The van der Waals surface area contributed by atoms with E-state index >= 15 is 0 Å². The van der Waals surface area contributed by atoms with Crippen molar-refractivity contribution < 1.29 is 14.0 Å². The first-order chi connectivity index (χ1) is 17.2. The number of fused-ring (bicyclic) bond motifs is 1. The van der Waals surface area contributed by atoms with Gasteiger partial charge >= 0.3 is 0 Å². The molecule has 1 heterocycles. The van der Waals surface area contributed by atoms with Gasteiger partial charge in [0.25, 0.3) is 0 Å². The van der Waals surface area contributed by atoms with Crippen molar-refractivity contribution in [1.82, 2.24) is 9.55 Å². The molecule has 3 rings (SSSR count). The first-order valence-electron chi connectivity index (χ1n) is 12.4. The third kappa shape index (κ3) is 7.02. The monoisotopic (exact) mass is 538 g/mol. The first-order valence-corrected chi connectivity index (χ1v) is 17.2. The average Bonchev–Trinajstić information content (AvgIpc) is 3.16. The summed E-state index contributed by atoms with van der Waals surface area (Å²) < 4.78 is 31.5. The van der Waals surface area contributed by atoms with Crippen LogP contribution in [-0.2, 0) is 22.8 Å². The number of hydrogen-bond acceptors (Lipinski definition) is 6. The van der Waals surface area contributed by atoms with Crippen molar-refractivity contribution in [2.45, 2.75) is 71.8 Å². The zero-order chi connectivity index (χ0) is 27.5. The quantitative estimate of drug-likeness (QED) is 0.141. The van der Waals surface area contributed by atoms with Crippen LogP contribution in [0.1, 0.15) is 48.8 Å². The Labute approximate surface area is 224 Å². The fraction of sp³-hybridized carbons (Fsp3) is 0.464. The summed E-state index contributed by atoms with van der Waals surface area (Å²) in [4.78, 5) is 4.92. The van der Waals surface area contributed by atoms with Crippen LogP contribution in [0.25, 0.3) is 11.0 Å². The molecule has 0 saturated heterocycles. The first kappa shape index (κ1) is 28.9. The third-order valence-electron chi connectivity index (χ3n) is 5.90. The van der Waals surface area contributed by atoms with E-state index in [4.69, 9.17) is 18.9 Å². The van der Waals surface area contributed by atoms with Crippen LogP contribution in [0.5, 0.6) is 5.75 Å². The number of nitrogens with zero attached hydrogens (tertiary/aromatic N) is 4. The molecule has 0 saturated carbocycles. The number of imidazole rings is 1. The molecule has 3 aromatic rings. The molecule has 0 aliphatic heterocycles. The van der Waals surface area contributed by atoms with Crippen LogP contribution < -0.4 is 4.74 Å². The Hall–Kier alpha value is -2.64. The molecule has 1 unspecified atom stereocenters. The topological polar surface area (TPSA) is 95.5 Å². The fourth-order valence-corrected chi connectivity index (χ4v) is 5.23. The lowest BCUT2D eigenvalue weighted by molar-refractivity contribution is 0.0895. The van der Waals surface area contributed by atoms with Gasteiger partial charge < -0.3 is 14.0 Å². The van der Waals surface area contributed by atoms with Crippen LogP contribution in [0.2, 0.25) is 25.7 Å². The van der Waals surface area contributed by atoms with Gasteiger partial charge in [0.15, 0.2) is 11.5 Å². The van der Waals surface area contributed by atoms with Crippen molar-refractivity contribution in [2.75, 3.05) is 13.7 Å². The van der Waals surface area contributed by atoms with Crippen molar-refractivity contribution >= 4 is 36.2 Å². The van der Waals surface area contributed by atoms with Gasteiger partial charge in [0.2, 0.25) is 0 Å². The highest BCUT2D eigenvalue weighted by Crippen LogP contribution is 2.31. The van der Waals surface area contributed by atoms with Crippen LogP contribution in [0.15, 0.2) is 34.7 Å². The molecular weight excluding hydrogens is 500 g/mol. The van der Waals surface area contributed by atoms with E-state index < -0.39 is 24.2 Å². The predicted molar refractivity (Wildman–Crippen MR) is 155 cm³/mol. The number of aryl methyl sites for hydroxylation is 2. The van der Waals surface area contributed by atoms with E-state index in [-0.39, 0.29) is 6.73 Å². The molecule has 0 bridgehead atoms. The van der Waals surface area contributed by atoms with Gasteiger partial charge in [-0.3, -0.25) is 4.57 Å². The smallest absolute Gasteiger partial charge is 0.168 e. The Morgan fingerprint density at radius 1 is 1.19 bits per heavy atom. The maximum absolute atomic E-state index is 13.4. The molecule has 0 N–H and O–H groups in total. The Bertz CT molecular complexity index is 1350. The lowest BCUT2D eigenvalue weighted by Gasteiger charge is -2.21. The molecule has 0 aliphatic carbocycles. The molecule has 9 heteroatoms. The number of ether oxygens (including phenoxy) is 2. The summed E-state index contributed by atoms with van der Waals surface area (Å²) in [6.07, 6.45) is 0. The van der Waals surface area contributed by atoms with Crippen LogP contribution >= 0.6 is 0 Å². The van der Waals surface area contributed by atoms with E-state index in [1.54, 1.807) is 19.2 Å². The van der Waals surface area contributed by atoms with E-state index in [1.807, 2.05) is 51.3 Å². The summed E-state index contributed by atoms with van der Waals surface area (Å²) in [5.41, 5.74) is 5.20. The van der Waals surface area contributed by atoms with Crippen LogP contribution in [-0.4, -0.2) is 46.4 Å². The Kier molecular flexibility index (Phi) is 8.91. The number of hydrogen-bond donors (Lipinski definition) is 0. The van der Waals surface area contributed by atoms with E-state index in [0.717, 1.165) is 28.3 Å². The molecule has 0 amide bonds. The zero-order valence-electron chi connectivity index (χ0n) is 23.4. The second-order valence-electron chi connectivity index (χ2n) is 11.5. The number of rotatable bonds is 9. The Morgan fingerprint density at radius 3 is 2.49 bits per heavy atom. The van der Waals surface area contributed by atoms with Gasteiger partial charge in [0.1, 0.15) is 28.6 Å². The lowest BCUT2D eigenvalue weighted by atomic mass is 9.99. The molecule has 1 atom stereocenters. The van der Waals surface area contributed by atoms with Gasteiger partial charge in [-0.15, -0.1) is 0 Å². The molecule has 0 fully saturated rings. The minimum atomic E-state index is -1.56. The van der Waals surface area contributed by atoms with Crippen molar-refractivity contribution in [2.24, 2.45) is 4.40 Å². The molecule has 0 aliphatic rings. The molecule has 37 heavy (non-hydrogen) atoms. The van der Waals surface area contributed by atoms with Crippen molar-refractivity contribution in [3.8, 4) is 11.8 Å². The average molecular weight is 539 g/mol. The van der Waals surface area contributed by atoms with Gasteiger partial charge in [-0.1, -0.05) is 30.1 Å². The summed E-state index contributed by atoms with van der Waals surface area (Å²) >= 11 is -1.56. The highest BCUT2D eigenvalue weighted by Gasteiger charge is 2.31. The van der Waals surface area contributed by atoms with Crippen molar-refractivity contribution in [3.63, 3.8) is 0 Å². The van der Waals surface area contributed by atoms with Crippen LogP contribution in [0.4, 0.5) is 0 Å². The SMILES string of the molecule is COc1cc(C)cc(C)c1/C(=N/[S+]([O-])C(C)(C)C)c1nc2cc(C#N)ccc2n1COCC[Si](C)(C)C. The normalized spacial score (nSPS) is 13.6. The van der Waals surface area contributed by atoms with Crippen molar-refractivity contribution in [3.05, 3.63) is 58.4 Å². The van der Waals surface area contributed by atoms with Gasteiger partial charge in [-0.05, 0) is 76.1 Å². The van der Waals surface area contributed by atoms with Gasteiger partial charge in [-0.25, -0.2) is 4.98 Å². The molecular formula is C28H38N4O3SSi. The molecule has 0 radical (unpaired) electrons. The van der Waals surface area contributed by atoms with Gasteiger partial charge in [-0.2, -0.15) is 5.26 Å². The number of aromatic nitrogens is 2. The zero-order valence-corrected chi connectivity index (χ0v) is 25.2. The van der Waals surface area contributed by atoms with E-state index in [1.165, 1.54) is 0 Å². The number of methoxy groups -OCH3 is 1. The fourth-order valence-electron chi connectivity index (χ4n) is 3.86. The van der Waals surface area contributed by atoms with Gasteiger partial charge in [0.05, 0.1) is 35.3 Å². The summed E-state index contributed by atoms with van der Waals surface area (Å²) in [6, 6.07) is 12.6. The summed E-state index contributed by atoms with van der Waals surface area (Å²) in [6.45, 7) is 17.5. The van der Waals surface area contributed by atoms with E-state index in [2.05, 4.69) is 31.8 Å². The second kappa shape index (κ2) is 11.4. The second-order valence-corrected chi connectivity index (χ2v) is 19.0. The third-order valence-corrected chi connectivity index (χ3v) is 9.00. The number of nitriles is 1. The molecule has 0 spiro atoms. The standard InChI is InChI=1S/C28H38N4O3SSi/c1-19-14-20(2)25(24(15-19)34-6)26(31-36(33)28(3,4)5)27-30-22-16-21(17-29)10-11-23(22)32(27)18-35-12-13-37(7,8)9/h10-11,14-16H,12-13,18H2,1-9H3/b31-26-. The highest BCUT2D eigenvalue weighted by atomic mass is 32.2. The minimum Gasteiger partial charge on any atom is -0.591 e.